The molecule has 7 nitrogen and oxygen atoms in total. The molecule has 0 saturated carbocycles. The second kappa shape index (κ2) is 8.37. The highest BCUT2D eigenvalue weighted by molar-refractivity contribution is 6.30. The minimum Gasteiger partial charge on any atom is -0.411 e. The summed E-state index contributed by atoms with van der Waals surface area (Å²) in [7, 11) is 0. The summed E-state index contributed by atoms with van der Waals surface area (Å²) in [6, 6.07) is 4.30. The van der Waals surface area contributed by atoms with Crippen LogP contribution in [0.25, 0.3) is 0 Å². The van der Waals surface area contributed by atoms with Gasteiger partial charge in [-0.25, -0.2) is 9.02 Å². The van der Waals surface area contributed by atoms with Crippen molar-refractivity contribution in [2.24, 2.45) is 5.16 Å². The van der Waals surface area contributed by atoms with Crippen LogP contribution in [-0.4, -0.2) is 40.5 Å². The Bertz CT molecular complexity index is 747. The van der Waals surface area contributed by atoms with E-state index in [1.807, 2.05) is 0 Å². The molecule has 0 amide bonds. The summed E-state index contributed by atoms with van der Waals surface area (Å²) in [5.41, 5.74) is 1.82. The van der Waals surface area contributed by atoms with Crippen LogP contribution in [0.3, 0.4) is 0 Å². The Morgan fingerprint density at radius 2 is 2.32 bits per heavy atom. The van der Waals surface area contributed by atoms with E-state index < -0.39 is 5.82 Å². The van der Waals surface area contributed by atoms with E-state index in [1.54, 1.807) is 6.07 Å². The zero-order valence-corrected chi connectivity index (χ0v) is 14.2. The van der Waals surface area contributed by atoms with Gasteiger partial charge in [-0.1, -0.05) is 28.0 Å². The van der Waals surface area contributed by atoms with E-state index in [9.17, 15) is 9.60 Å². The molecule has 0 bridgehead atoms. The van der Waals surface area contributed by atoms with Crippen LogP contribution in [-0.2, 0) is 17.7 Å². The quantitative estimate of drug-likeness (QED) is 0.443. The minimum absolute atomic E-state index is 0.00604. The lowest BCUT2D eigenvalue weighted by atomic mass is 10.0. The van der Waals surface area contributed by atoms with Crippen molar-refractivity contribution in [3.63, 3.8) is 0 Å². The van der Waals surface area contributed by atoms with Crippen LogP contribution in [0, 0.1) is 5.82 Å². The molecule has 2 N–H and O–H groups in total. The largest absolute Gasteiger partial charge is 0.411 e. The predicted octanol–water partition coefficient (Wildman–Crippen LogP) is 2.55. The first kappa shape index (κ1) is 17.8. The summed E-state index contributed by atoms with van der Waals surface area (Å²) >= 11 is 5.78. The number of nitrogens with zero attached hydrogens (tertiary/aromatic N) is 3. The standard InChI is InChI=1S/C16H18ClFN4O3/c17-12-6-10(3-4-13(12)18)7-14(20-23)16-15(21-25-22-16)9-19-8-11-2-1-5-24-11/h3-4,6,11,19,23H,1-2,5,7-9H2. The first-order valence-corrected chi connectivity index (χ1v) is 8.34. The molecule has 25 heavy (non-hydrogen) atoms. The number of oxime groups is 1. The lowest BCUT2D eigenvalue weighted by molar-refractivity contribution is 0.110. The van der Waals surface area contributed by atoms with Gasteiger partial charge in [-0.05, 0) is 35.7 Å². The van der Waals surface area contributed by atoms with Crippen molar-refractivity contribution < 1.29 is 19.0 Å². The minimum atomic E-state index is -0.505. The molecule has 2 heterocycles. The van der Waals surface area contributed by atoms with Gasteiger partial charge >= 0.3 is 0 Å². The van der Waals surface area contributed by atoms with Gasteiger partial charge in [0.15, 0.2) is 5.69 Å². The van der Waals surface area contributed by atoms with Crippen molar-refractivity contribution >= 4 is 17.3 Å². The Balaban J connectivity index is 1.64. The summed E-state index contributed by atoms with van der Waals surface area (Å²) in [5.74, 6) is -0.505. The number of rotatable bonds is 7. The molecule has 134 valence electrons. The van der Waals surface area contributed by atoms with Crippen LogP contribution in [0.1, 0.15) is 29.8 Å². The third kappa shape index (κ3) is 4.53. The fourth-order valence-corrected chi connectivity index (χ4v) is 2.91. The fraction of sp³-hybridized carbons (Fsp3) is 0.438. The summed E-state index contributed by atoms with van der Waals surface area (Å²) in [6.45, 7) is 1.90. The van der Waals surface area contributed by atoms with E-state index in [0.717, 1.165) is 19.4 Å². The van der Waals surface area contributed by atoms with Crippen LogP contribution >= 0.6 is 11.6 Å². The summed E-state index contributed by atoms with van der Waals surface area (Å²) in [6.07, 6.45) is 2.52. The molecule has 3 rings (SSSR count). The molecular weight excluding hydrogens is 351 g/mol. The Labute approximate surface area is 148 Å². The van der Waals surface area contributed by atoms with Crippen LogP contribution in [0.5, 0.6) is 0 Å². The molecule has 1 aromatic heterocycles. The lowest BCUT2D eigenvalue weighted by Gasteiger charge is -2.10. The highest BCUT2D eigenvalue weighted by atomic mass is 35.5. The maximum Gasteiger partial charge on any atom is 0.157 e. The molecule has 0 radical (unpaired) electrons. The van der Waals surface area contributed by atoms with Crippen LogP contribution < -0.4 is 5.32 Å². The van der Waals surface area contributed by atoms with Crippen molar-refractivity contribution in [1.82, 2.24) is 15.6 Å². The highest BCUT2D eigenvalue weighted by Crippen LogP contribution is 2.18. The zero-order valence-electron chi connectivity index (χ0n) is 13.4. The maximum absolute atomic E-state index is 13.3. The molecule has 0 aliphatic carbocycles. The molecule has 0 spiro atoms. The molecule has 1 saturated heterocycles. The Morgan fingerprint density at radius 3 is 3.04 bits per heavy atom. The number of hydrogen-bond donors (Lipinski definition) is 2. The predicted molar refractivity (Wildman–Crippen MR) is 88.4 cm³/mol. The van der Waals surface area contributed by atoms with Crippen molar-refractivity contribution in [3.05, 3.63) is 46.0 Å². The van der Waals surface area contributed by atoms with Gasteiger partial charge in [0, 0.05) is 26.1 Å². The summed E-state index contributed by atoms with van der Waals surface area (Å²) < 4.78 is 23.6. The third-order valence-corrected chi connectivity index (χ3v) is 4.28. The molecular formula is C16H18ClFN4O3. The molecule has 1 aromatic carbocycles. The van der Waals surface area contributed by atoms with E-state index in [2.05, 4.69) is 20.8 Å². The molecule has 1 atom stereocenters. The topological polar surface area (TPSA) is 92.8 Å². The second-order valence-corrected chi connectivity index (χ2v) is 6.20. The number of benzene rings is 1. The highest BCUT2D eigenvalue weighted by Gasteiger charge is 2.19. The van der Waals surface area contributed by atoms with Gasteiger partial charge in [-0.2, -0.15) is 0 Å². The average molecular weight is 369 g/mol. The fourth-order valence-electron chi connectivity index (χ4n) is 2.71. The van der Waals surface area contributed by atoms with Crippen LogP contribution in [0.4, 0.5) is 4.39 Å². The van der Waals surface area contributed by atoms with Crippen molar-refractivity contribution in [3.8, 4) is 0 Å². The monoisotopic (exact) mass is 368 g/mol. The van der Waals surface area contributed by atoms with E-state index in [-0.39, 0.29) is 23.3 Å². The molecule has 9 heteroatoms. The molecule has 1 aliphatic heterocycles. The Hall–Kier alpha value is -2.03. The summed E-state index contributed by atoms with van der Waals surface area (Å²) in [5, 5.41) is 23.5. The number of halogens is 2. The Kier molecular flexibility index (Phi) is 5.95. The van der Waals surface area contributed by atoms with Crippen molar-refractivity contribution in [2.45, 2.75) is 31.9 Å². The number of nitrogens with one attached hydrogen (secondary N) is 1. The van der Waals surface area contributed by atoms with Gasteiger partial charge in [-0.3, -0.25) is 0 Å². The van der Waals surface area contributed by atoms with Crippen molar-refractivity contribution in [1.29, 1.82) is 0 Å². The SMILES string of the molecule is ON=C(Cc1ccc(F)c(Cl)c1)c1nonc1CNCC1CCCO1. The molecule has 1 fully saturated rings. The first-order valence-electron chi connectivity index (χ1n) is 7.96. The summed E-state index contributed by atoms with van der Waals surface area (Å²) in [4.78, 5) is 0. The maximum atomic E-state index is 13.3. The smallest absolute Gasteiger partial charge is 0.157 e. The number of ether oxygens (including phenoxy) is 1. The Morgan fingerprint density at radius 1 is 1.44 bits per heavy atom. The third-order valence-electron chi connectivity index (χ3n) is 3.99. The lowest BCUT2D eigenvalue weighted by Crippen LogP contribution is -2.26. The second-order valence-electron chi connectivity index (χ2n) is 5.80. The van der Waals surface area contributed by atoms with Crippen LogP contribution in [0.15, 0.2) is 28.0 Å². The van der Waals surface area contributed by atoms with E-state index in [4.69, 9.17) is 21.0 Å². The van der Waals surface area contributed by atoms with E-state index in [0.29, 0.717) is 30.0 Å². The molecule has 1 aliphatic rings. The van der Waals surface area contributed by atoms with Gasteiger partial charge in [-0.15, -0.1) is 0 Å². The van der Waals surface area contributed by atoms with Gasteiger partial charge in [0.2, 0.25) is 0 Å². The molecule has 1 unspecified atom stereocenters. The van der Waals surface area contributed by atoms with Crippen LogP contribution in [0.2, 0.25) is 5.02 Å². The number of aromatic nitrogens is 2. The first-order chi connectivity index (χ1) is 12.2. The molecule has 2 aromatic rings. The van der Waals surface area contributed by atoms with Gasteiger partial charge in [0.25, 0.3) is 0 Å². The van der Waals surface area contributed by atoms with Crippen molar-refractivity contribution in [2.75, 3.05) is 13.2 Å². The zero-order chi connectivity index (χ0) is 17.6. The van der Waals surface area contributed by atoms with Gasteiger partial charge in [0.05, 0.1) is 11.1 Å². The average Bonchev–Trinajstić information content (AvgIpc) is 3.28. The van der Waals surface area contributed by atoms with Gasteiger partial charge < -0.3 is 15.3 Å². The van der Waals surface area contributed by atoms with E-state index in [1.165, 1.54) is 12.1 Å². The number of hydrogen-bond acceptors (Lipinski definition) is 7. The van der Waals surface area contributed by atoms with Gasteiger partial charge in [0.1, 0.15) is 17.2 Å². The van der Waals surface area contributed by atoms with E-state index >= 15 is 0 Å². The normalized spacial score (nSPS) is 18.0.